The largest absolute Gasteiger partial charge is 0.373 e. The lowest BCUT2D eigenvalue weighted by Gasteiger charge is -2.27. The van der Waals surface area contributed by atoms with Crippen LogP contribution in [0, 0.1) is 23.4 Å². The maximum absolute atomic E-state index is 15.0. The van der Waals surface area contributed by atoms with E-state index < -0.39 is 11.6 Å². The predicted molar refractivity (Wildman–Crippen MR) is 137 cm³/mol. The standard InChI is InChI=1S/C31H33F3O/c1-3-5-6-7-8-24-14-17-27(31(34)30(24)33)23-12-10-22(11-13-23)26-16-15-25(19-28(26)32)29-18-9-21(4-2)20-35-29/h4,10-17,19,21,29H,2-3,5-9,18,20H2,1H3. The summed E-state index contributed by atoms with van der Waals surface area (Å²) >= 11 is 0. The molecule has 1 aliphatic rings. The lowest BCUT2D eigenvalue weighted by atomic mass is 9.93. The molecular weight excluding hydrogens is 445 g/mol. The lowest BCUT2D eigenvalue weighted by Crippen LogP contribution is -2.19. The molecule has 0 bridgehead atoms. The van der Waals surface area contributed by atoms with Crippen LogP contribution >= 0.6 is 0 Å². The monoisotopic (exact) mass is 478 g/mol. The van der Waals surface area contributed by atoms with E-state index in [2.05, 4.69) is 13.5 Å². The predicted octanol–water partition coefficient (Wildman–Crippen LogP) is 9.21. The fourth-order valence-corrected chi connectivity index (χ4v) is 4.76. The molecule has 1 saturated heterocycles. The third-order valence-electron chi connectivity index (χ3n) is 6.98. The summed E-state index contributed by atoms with van der Waals surface area (Å²) in [4.78, 5) is 0. The van der Waals surface area contributed by atoms with Crippen LogP contribution < -0.4 is 0 Å². The van der Waals surface area contributed by atoms with Crippen LogP contribution in [0.25, 0.3) is 22.3 Å². The highest BCUT2D eigenvalue weighted by atomic mass is 19.2. The van der Waals surface area contributed by atoms with Crippen molar-refractivity contribution in [3.8, 4) is 22.3 Å². The van der Waals surface area contributed by atoms with Crippen LogP contribution in [0.4, 0.5) is 13.2 Å². The third-order valence-corrected chi connectivity index (χ3v) is 6.98. The molecular formula is C31H33F3O. The molecule has 1 fully saturated rings. The fraction of sp³-hybridized carbons (Fsp3) is 0.355. The molecule has 2 atom stereocenters. The molecule has 4 heteroatoms. The van der Waals surface area contributed by atoms with Gasteiger partial charge in [0, 0.05) is 17.0 Å². The molecule has 0 spiro atoms. The van der Waals surface area contributed by atoms with Gasteiger partial charge in [0.15, 0.2) is 11.6 Å². The first kappa shape index (κ1) is 25.2. The van der Waals surface area contributed by atoms with Gasteiger partial charge in [0.25, 0.3) is 0 Å². The number of aryl methyl sites for hydroxylation is 1. The molecule has 35 heavy (non-hydrogen) atoms. The second kappa shape index (κ2) is 11.7. The molecule has 0 aromatic heterocycles. The molecule has 0 aliphatic carbocycles. The van der Waals surface area contributed by atoms with Crippen LogP contribution in [0.1, 0.15) is 62.7 Å². The first-order valence-corrected chi connectivity index (χ1v) is 12.6. The minimum Gasteiger partial charge on any atom is -0.373 e. The van der Waals surface area contributed by atoms with Gasteiger partial charge in [-0.15, -0.1) is 6.58 Å². The van der Waals surface area contributed by atoms with E-state index in [0.717, 1.165) is 44.1 Å². The van der Waals surface area contributed by atoms with Gasteiger partial charge < -0.3 is 4.74 Å². The summed E-state index contributed by atoms with van der Waals surface area (Å²) in [6.45, 7) is 6.54. The van der Waals surface area contributed by atoms with Gasteiger partial charge in [0.1, 0.15) is 5.82 Å². The number of hydrogen-bond acceptors (Lipinski definition) is 1. The topological polar surface area (TPSA) is 9.23 Å². The number of benzene rings is 3. The Hall–Kier alpha value is -2.85. The Bertz CT molecular complexity index is 1140. The van der Waals surface area contributed by atoms with Gasteiger partial charge in [-0.05, 0) is 54.0 Å². The minimum absolute atomic E-state index is 0.107. The SMILES string of the molecule is C=CC1CCC(c2ccc(-c3ccc(-c4ccc(CCCCCC)c(F)c4F)cc3)c(F)c2)OC1. The lowest BCUT2D eigenvalue weighted by molar-refractivity contribution is -0.00528. The maximum Gasteiger partial charge on any atom is 0.166 e. The normalized spacial score (nSPS) is 17.9. The Morgan fingerprint density at radius 2 is 1.57 bits per heavy atom. The Labute approximate surface area is 206 Å². The highest BCUT2D eigenvalue weighted by molar-refractivity contribution is 5.71. The van der Waals surface area contributed by atoms with Crippen LogP contribution in [-0.2, 0) is 11.2 Å². The minimum atomic E-state index is -0.826. The van der Waals surface area contributed by atoms with Gasteiger partial charge >= 0.3 is 0 Å². The second-order valence-electron chi connectivity index (χ2n) is 9.42. The highest BCUT2D eigenvalue weighted by Crippen LogP contribution is 2.34. The second-order valence-corrected chi connectivity index (χ2v) is 9.42. The van der Waals surface area contributed by atoms with Crippen LogP contribution in [0.3, 0.4) is 0 Å². The van der Waals surface area contributed by atoms with Crippen molar-refractivity contribution in [2.75, 3.05) is 6.61 Å². The van der Waals surface area contributed by atoms with E-state index in [1.807, 2.05) is 12.1 Å². The van der Waals surface area contributed by atoms with Crippen molar-refractivity contribution < 1.29 is 17.9 Å². The van der Waals surface area contributed by atoms with Gasteiger partial charge in [-0.25, -0.2) is 13.2 Å². The summed E-state index contributed by atoms with van der Waals surface area (Å²) in [7, 11) is 0. The van der Waals surface area contributed by atoms with E-state index in [4.69, 9.17) is 4.74 Å². The molecule has 0 saturated carbocycles. The Morgan fingerprint density at radius 1 is 0.857 bits per heavy atom. The van der Waals surface area contributed by atoms with Crippen molar-refractivity contribution in [3.63, 3.8) is 0 Å². The molecule has 1 heterocycles. The molecule has 0 N–H and O–H groups in total. The first-order chi connectivity index (χ1) is 17.0. The summed E-state index contributed by atoms with van der Waals surface area (Å²) in [5.74, 6) is -1.56. The molecule has 4 rings (SSSR count). The van der Waals surface area contributed by atoms with Crippen LogP contribution in [0.15, 0.2) is 67.3 Å². The maximum atomic E-state index is 15.0. The zero-order chi connectivity index (χ0) is 24.8. The molecule has 1 nitrogen and oxygen atoms in total. The van der Waals surface area contributed by atoms with Gasteiger partial charge in [-0.3, -0.25) is 0 Å². The average molecular weight is 479 g/mol. The van der Waals surface area contributed by atoms with Crippen molar-refractivity contribution in [2.45, 2.75) is 58.0 Å². The van der Waals surface area contributed by atoms with Crippen molar-refractivity contribution >= 4 is 0 Å². The zero-order valence-corrected chi connectivity index (χ0v) is 20.3. The number of halogens is 3. The number of ether oxygens (including phenoxy) is 1. The van der Waals surface area contributed by atoms with E-state index in [0.29, 0.717) is 41.2 Å². The summed E-state index contributed by atoms with van der Waals surface area (Å²) in [5.41, 5.74) is 3.18. The third kappa shape index (κ3) is 5.87. The molecule has 184 valence electrons. The van der Waals surface area contributed by atoms with Gasteiger partial charge in [-0.2, -0.15) is 0 Å². The quantitative estimate of drug-likeness (QED) is 0.220. The molecule has 0 radical (unpaired) electrons. The van der Waals surface area contributed by atoms with E-state index in [1.54, 1.807) is 42.5 Å². The van der Waals surface area contributed by atoms with Crippen molar-refractivity contribution in [2.24, 2.45) is 5.92 Å². The highest BCUT2D eigenvalue weighted by Gasteiger charge is 2.22. The van der Waals surface area contributed by atoms with E-state index in [-0.39, 0.29) is 17.5 Å². The number of unbranched alkanes of at least 4 members (excludes halogenated alkanes) is 3. The summed E-state index contributed by atoms with van der Waals surface area (Å²) in [6, 6.07) is 15.4. The van der Waals surface area contributed by atoms with Gasteiger partial charge in [0.05, 0.1) is 12.7 Å². The summed E-state index contributed by atoms with van der Waals surface area (Å²) in [5, 5.41) is 0. The molecule has 3 aromatic carbocycles. The van der Waals surface area contributed by atoms with Crippen molar-refractivity contribution in [3.05, 3.63) is 95.8 Å². The van der Waals surface area contributed by atoms with E-state index >= 15 is 0 Å². The van der Waals surface area contributed by atoms with Crippen molar-refractivity contribution in [1.82, 2.24) is 0 Å². The Morgan fingerprint density at radius 3 is 2.20 bits per heavy atom. The molecule has 2 unspecified atom stereocenters. The zero-order valence-electron chi connectivity index (χ0n) is 20.3. The summed E-state index contributed by atoms with van der Waals surface area (Å²) < 4.78 is 50.4. The Balaban J connectivity index is 1.48. The fourth-order valence-electron chi connectivity index (χ4n) is 4.76. The Kier molecular flexibility index (Phi) is 8.46. The smallest absolute Gasteiger partial charge is 0.166 e. The van der Waals surface area contributed by atoms with Crippen LogP contribution in [0.2, 0.25) is 0 Å². The molecule has 1 aliphatic heterocycles. The van der Waals surface area contributed by atoms with Crippen LogP contribution in [0.5, 0.6) is 0 Å². The molecule has 0 amide bonds. The summed E-state index contributed by atoms with van der Waals surface area (Å²) in [6.07, 6.45) is 8.23. The first-order valence-electron chi connectivity index (χ1n) is 12.6. The van der Waals surface area contributed by atoms with Crippen molar-refractivity contribution in [1.29, 1.82) is 0 Å². The van der Waals surface area contributed by atoms with Gasteiger partial charge in [0.2, 0.25) is 0 Å². The number of hydrogen-bond donors (Lipinski definition) is 0. The number of rotatable bonds is 9. The van der Waals surface area contributed by atoms with Crippen LogP contribution in [-0.4, -0.2) is 6.61 Å². The van der Waals surface area contributed by atoms with E-state index in [9.17, 15) is 13.2 Å². The van der Waals surface area contributed by atoms with Gasteiger partial charge in [-0.1, -0.05) is 80.8 Å². The average Bonchev–Trinajstić information content (AvgIpc) is 2.89. The van der Waals surface area contributed by atoms with E-state index in [1.165, 1.54) is 6.07 Å². The molecule has 3 aromatic rings.